The first kappa shape index (κ1) is 30.9. The molecule has 0 heterocycles. The molecule has 0 spiro atoms. The van der Waals surface area contributed by atoms with Crippen LogP contribution in [0.1, 0.15) is 129 Å². The van der Waals surface area contributed by atoms with Gasteiger partial charge in [0.05, 0.1) is 6.42 Å². The van der Waals surface area contributed by atoms with Gasteiger partial charge in [-0.3, -0.25) is 9.59 Å². The summed E-state index contributed by atoms with van der Waals surface area (Å²) < 4.78 is 10.6. The van der Waals surface area contributed by atoms with Gasteiger partial charge in [0.1, 0.15) is 12.4 Å². The third-order valence-electron chi connectivity index (χ3n) is 6.22. The largest absolute Gasteiger partial charge is 0.458 e. The fourth-order valence-corrected chi connectivity index (χ4v) is 4.11. The molecule has 5 nitrogen and oxygen atoms in total. The van der Waals surface area contributed by atoms with Gasteiger partial charge in [-0.05, 0) is 18.9 Å². The average molecular weight is 489 g/mol. The number of carbonyl (C=O) groups excluding carboxylic acids is 3. The number of esters is 2. The Bertz CT molecular complexity index is 685. The molecule has 1 aromatic carbocycles. The second-order valence-electron chi connectivity index (χ2n) is 9.68. The normalized spacial score (nSPS) is 11.7. The third-order valence-corrected chi connectivity index (χ3v) is 6.22. The van der Waals surface area contributed by atoms with Gasteiger partial charge < -0.3 is 9.47 Å². The Hall–Kier alpha value is -2.17. The SMILES string of the molecule is CCCCCCCCCCCCCCCCCC(=O)OC(CC(C)=O)C(=O)OCc1ccccc1. The van der Waals surface area contributed by atoms with E-state index in [0.29, 0.717) is 0 Å². The summed E-state index contributed by atoms with van der Waals surface area (Å²) in [6.07, 6.45) is 17.9. The smallest absolute Gasteiger partial charge is 0.348 e. The summed E-state index contributed by atoms with van der Waals surface area (Å²) in [7, 11) is 0. The van der Waals surface area contributed by atoms with Crippen molar-refractivity contribution in [2.75, 3.05) is 0 Å². The molecule has 0 saturated heterocycles. The van der Waals surface area contributed by atoms with Crippen LogP contribution in [0, 0.1) is 0 Å². The Morgan fingerprint density at radius 2 is 1.20 bits per heavy atom. The molecule has 198 valence electrons. The van der Waals surface area contributed by atoms with Crippen molar-refractivity contribution in [2.24, 2.45) is 0 Å². The summed E-state index contributed by atoms with van der Waals surface area (Å²) in [5.74, 6) is -1.33. The number of hydrogen-bond acceptors (Lipinski definition) is 5. The molecule has 0 fully saturated rings. The van der Waals surface area contributed by atoms with Gasteiger partial charge in [-0.2, -0.15) is 0 Å². The maximum atomic E-state index is 12.3. The number of unbranched alkanes of at least 4 members (excludes halogenated alkanes) is 14. The fraction of sp³-hybridized carbons (Fsp3) is 0.700. The van der Waals surface area contributed by atoms with Crippen LogP contribution in [0.3, 0.4) is 0 Å². The Balaban J connectivity index is 2.07. The van der Waals surface area contributed by atoms with Crippen molar-refractivity contribution >= 4 is 17.7 Å². The van der Waals surface area contributed by atoms with E-state index in [4.69, 9.17) is 9.47 Å². The number of carbonyl (C=O) groups is 3. The molecular formula is C30H48O5. The zero-order valence-electron chi connectivity index (χ0n) is 22.2. The molecule has 0 amide bonds. The van der Waals surface area contributed by atoms with Gasteiger partial charge in [-0.15, -0.1) is 0 Å². The van der Waals surface area contributed by atoms with E-state index >= 15 is 0 Å². The lowest BCUT2D eigenvalue weighted by atomic mass is 10.0. The molecule has 1 atom stereocenters. The van der Waals surface area contributed by atoms with Crippen molar-refractivity contribution in [3.63, 3.8) is 0 Å². The van der Waals surface area contributed by atoms with E-state index in [1.807, 2.05) is 30.3 Å². The molecule has 1 aromatic rings. The summed E-state index contributed by atoms with van der Waals surface area (Å²) >= 11 is 0. The van der Waals surface area contributed by atoms with Gasteiger partial charge in [0, 0.05) is 6.42 Å². The molecule has 0 aliphatic carbocycles. The van der Waals surface area contributed by atoms with Crippen LogP contribution in [-0.2, 0) is 30.5 Å². The van der Waals surface area contributed by atoms with Crippen LogP contribution in [0.25, 0.3) is 0 Å². The minimum atomic E-state index is -1.17. The van der Waals surface area contributed by atoms with E-state index in [9.17, 15) is 14.4 Å². The zero-order chi connectivity index (χ0) is 25.6. The molecule has 0 N–H and O–H groups in total. The Morgan fingerprint density at radius 1 is 0.714 bits per heavy atom. The van der Waals surface area contributed by atoms with E-state index in [1.54, 1.807) is 0 Å². The second-order valence-corrected chi connectivity index (χ2v) is 9.68. The van der Waals surface area contributed by atoms with Gasteiger partial charge in [-0.1, -0.05) is 127 Å². The van der Waals surface area contributed by atoms with Crippen LogP contribution < -0.4 is 0 Å². The maximum absolute atomic E-state index is 12.3. The summed E-state index contributed by atoms with van der Waals surface area (Å²) in [4.78, 5) is 36.1. The van der Waals surface area contributed by atoms with E-state index < -0.39 is 18.0 Å². The molecule has 0 radical (unpaired) electrons. The highest BCUT2D eigenvalue weighted by atomic mass is 16.6. The highest BCUT2D eigenvalue weighted by Crippen LogP contribution is 2.14. The molecule has 0 bridgehead atoms. The monoisotopic (exact) mass is 488 g/mol. The average Bonchev–Trinajstić information content (AvgIpc) is 2.85. The molecule has 0 aliphatic rings. The number of hydrogen-bond donors (Lipinski definition) is 0. The van der Waals surface area contributed by atoms with Crippen molar-refractivity contribution in [3.8, 4) is 0 Å². The van der Waals surface area contributed by atoms with Crippen molar-refractivity contribution in [3.05, 3.63) is 35.9 Å². The van der Waals surface area contributed by atoms with Crippen molar-refractivity contribution < 1.29 is 23.9 Å². The van der Waals surface area contributed by atoms with Gasteiger partial charge >= 0.3 is 11.9 Å². The first-order chi connectivity index (χ1) is 17.0. The van der Waals surface area contributed by atoms with Crippen LogP contribution in [0.5, 0.6) is 0 Å². The third kappa shape index (κ3) is 17.9. The van der Waals surface area contributed by atoms with E-state index in [2.05, 4.69) is 6.92 Å². The van der Waals surface area contributed by atoms with E-state index in [0.717, 1.165) is 24.8 Å². The maximum Gasteiger partial charge on any atom is 0.348 e. The predicted octanol–water partition coefficient (Wildman–Crippen LogP) is 7.88. The Kier molecular flexibility index (Phi) is 18.6. The predicted molar refractivity (Wildman–Crippen MR) is 141 cm³/mol. The summed E-state index contributed by atoms with van der Waals surface area (Å²) in [5.41, 5.74) is 0.839. The van der Waals surface area contributed by atoms with Crippen LogP contribution in [-0.4, -0.2) is 23.8 Å². The summed E-state index contributed by atoms with van der Waals surface area (Å²) in [6, 6.07) is 9.27. The first-order valence-electron chi connectivity index (χ1n) is 13.9. The summed E-state index contributed by atoms with van der Waals surface area (Å²) in [6.45, 7) is 3.72. The molecule has 0 aromatic heterocycles. The quantitative estimate of drug-likeness (QED) is 0.123. The molecule has 35 heavy (non-hydrogen) atoms. The number of rotatable bonds is 22. The van der Waals surface area contributed by atoms with Gasteiger partial charge in [-0.25, -0.2) is 4.79 Å². The number of ether oxygens (including phenoxy) is 2. The van der Waals surface area contributed by atoms with Crippen molar-refractivity contribution in [1.29, 1.82) is 0 Å². The van der Waals surface area contributed by atoms with Crippen molar-refractivity contribution in [1.82, 2.24) is 0 Å². The standard InChI is InChI=1S/C30H48O5/c1-3-4-5-6-7-8-9-10-11-12-13-14-15-16-20-23-29(32)35-28(24-26(2)31)30(33)34-25-27-21-18-17-19-22-27/h17-19,21-22,28H,3-16,20,23-25H2,1-2H3. The molecule has 1 rings (SSSR count). The number of Topliss-reactive ketones (excluding diaryl/α,β-unsaturated/α-hetero) is 1. The van der Waals surface area contributed by atoms with Gasteiger partial charge in [0.25, 0.3) is 0 Å². The van der Waals surface area contributed by atoms with Gasteiger partial charge in [0.15, 0.2) is 0 Å². The molecular weight excluding hydrogens is 440 g/mol. The van der Waals surface area contributed by atoms with Crippen LogP contribution in [0.4, 0.5) is 0 Å². The lowest BCUT2D eigenvalue weighted by Crippen LogP contribution is -2.31. The number of benzene rings is 1. The summed E-state index contributed by atoms with van der Waals surface area (Å²) in [5, 5.41) is 0. The molecule has 0 saturated carbocycles. The van der Waals surface area contributed by atoms with Crippen LogP contribution in [0.15, 0.2) is 30.3 Å². The fourth-order valence-electron chi connectivity index (χ4n) is 4.11. The highest BCUT2D eigenvalue weighted by molar-refractivity contribution is 5.86. The minimum absolute atomic E-state index is 0.0880. The second kappa shape index (κ2) is 21.1. The number of ketones is 1. The first-order valence-corrected chi connectivity index (χ1v) is 13.9. The molecule has 0 aliphatic heterocycles. The molecule has 5 heteroatoms. The van der Waals surface area contributed by atoms with Crippen molar-refractivity contribution in [2.45, 2.75) is 136 Å². The minimum Gasteiger partial charge on any atom is -0.458 e. The van der Waals surface area contributed by atoms with E-state index in [1.165, 1.54) is 84.0 Å². The lowest BCUT2D eigenvalue weighted by molar-refractivity contribution is -0.170. The Morgan fingerprint density at radius 3 is 1.69 bits per heavy atom. The van der Waals surface area contributed by atoms with Crippen LogP contribution in [0.2, 0.25) is 0 Å². The zero-order valence-corrected chi connectivity index (χ0v) is 22.2. The topological polar surface area (TPSA) is 69.7 Å². The molecule has 1 unspecified atom stereocenters. The highest BCUT2D eigenvalue weighted by Gasteiger charge is 2.26. The van der Waals surface area contributed by atoms with Crippen LogP contribution >= 0.6 is 0 Å². The van der Waals surface area contributed by atoms with Gasteiger partial charge in [0.2, 0.25) is 6.10 Å². The van der Waals surface area contributed by atoms with E-state index in [-0.39, 0.29) is 25.2 Å². The lowest BCUT2D eigenvalue weighted by Gasteiger charge is -2.16. The Labute approximate surface area is 213 Å².